The predicted octanol–water partition coefficient (Wildman–Crippen LogP) is 4.66. The van der Waals surface area contributed by atoms with Gasteiger partial charge in [-0.25, -0.2) is 4.79 Å². The van der Waals surface area contributed by atoms with Crippen LogP contribution in [0.5, 0.6) is 0 Å². The second-order valence-electron chi connectivity index (χ2n) is 8.15. The fourth-order valence-electron chi connectivity index (χ4n) is 3.55. The van der Waals surface area contributed by atoms with Crippen molar-refractivity contribution in [2.75, 3.05) is 40.4 Å². The zero-order valence-corrected chi connectivity index (χ0v) is 24.5. The van der Waals surface area contributed by atoms with Gasteiger partial charge in [-0.1, -0.05) is 87.7 Å². The number of rotatable bonds is 5. The van der Waals surface area contributed by atoms with Gasteiger partial charge in [0.2, 0.25) is 0 Å². The van der Waals surface area contributed by atoms with Gasteiger partial charge in [-0.2, -0.15) is 0 Å². The number of esters is 2. The molecule has 8 nitrogen and oxygen atoms in total. The summed E-state index contributed by atoms with van der Waals surface area (Å²) in [4.78, 5) is 46.2. The van der Waals surface area contributed by atoms with Crippen molar-refractivity contribution in [3.63, 3.8) is 0 Å². The van der Waals surface area contributed by atoms with E-state index in [1.165, 1.54) is 20.3 Å². The van der Waals surface area contributed by atoms with E-state index >= 15 is 0 Å². The maximum absolute atomic E-state index is 12.0. The molecule has 208 valence electrons. The Hall–Kier alpha value is -2.82. The summed E-state index contributed by atoms with van der Waals surface area (Å²) < 4.78 is 9.41. The molecule has 2 aromatic carbocycles. The number of ether oxygens (including phenoxy) is 2. The zero-order valence-electron chi connectivity index (χ0n) is 21.4. The van der Waals surface area contributed by atoms with Crippen molar-refractivity contribution in [2.24, 2.45) is 0 Å². The lowest BCUT2D eigenvalue weighted by atomic mass is 10.0. The van der Waals surface area contributed by atoms with Gasteiger partial charge in [-0.05, 0) is 35.4 Å². The summed E-state index contributed by atoms with van der Waals surface area (Å²) in [5, 5.41) is 3.93. The summed E-state index contributed by atoms with van der Waals surface area (Å²) in [6.07, 6.45) is 6.69. The van der Waals surface area contributed by atoms with Gasteiger partial charge in [0.1, 0.15) is 10.9 Å². The first-order chi connectivity index (χ1) is 18.7. The minimum absolute atomic E-state index is 0.0350. The summed E-state index contributed by atoms with van der Waals surface area (Å²) in [6, 6.07) is 13.6. The Bertz CT molecular complexity index is 1220. The number of alkyl halides is 1. The molecule has 0 aromatic heterocycles. The number of benzene rings is 2. The van der Waals surface area contributed by atoms with Gasteiger partial charge < -0.3 is 14.8 Å². The van der Waals surface area contributed by atoms with Crippen molar-refractivity contribution in [1.29, 1.82) is 0 Å². The molecule has 0 radical (unpaired) electrons. The summed E-state index contributed by atoms with van der Waals surface area (Å²) in [5.74, 6) is -0.636. The summed E-state index contributed by atoms with van der Waals surface area (Å²) >= 11 is 15.2. The first-order valence-electron chi connectivity index (χ1n) is 11.8. The number of hydrogen-bond donors (Lipinski definition) is 1. The van der Waals surface area contributed by atoms with E-state index in [1.54, 1.807) is 53.5 Å². The van der Waals surface area contributed by atoms with Gasteiger partial charge in [-0.15, -0.1) is 0 Å². The average Bonchev–Trinajstić information content (AvgIpc) is 2.95. The number of carbonyl (C=O) groups is 4. The number of carbonyl (C=O) groups excluding carboxylic acids is 4. The molecule has 0 amide bonds. The topological polar surface area (TPSA) is 102 Å². The lowest BCUT2D eigenvalue weighted by molar-refractivity contribution is -0.147. The largest absolute Gasteiger partial charge is 0.468 e. The zero-order chi connectivity index (χ0) is 28.8. The molecule has 2 heterocycles. The Labute approximate surface area is 246 Å². The van der Waals surface area contributed by atoms with Gasteiger partial charge in [0, 0.05) is 23.1 Å². The molecular weight excluding hydrogens is 611 g/mol. The highest BCUT2D eigenvalue weighted by Gasteiger charge is 2.31. The Morgan fingerprint density at radius 1 is 0.872 bits per heavy atom. The molecule has 2 aromatic rings. The molecule has 11 heteroatoms. The molecule has 2 aliphatic heterocycles. The van der Waals surface area contributed by atoms with Crippen LogP contribution in [0.1, 0.15) is 22.0 Å². The van der Waals surface area contributed by atoms with E-state index in [4.69, 9.17) is 27.9 Å². The molecule has 0 spiro atoms. The van der Waals surface area contributed by atoms with Crippen molar-refractivity contribution < 1.29 is 28.7 Å². The SMILES string of the molecule is COC(=O)C(Br)c1ccccc1Cl.COC(=O)C(c1ccccc1Cl)N1CC=CC(=O)C1.O=C1C=CCNC1. The van der Waals surface area contributed by atoms with E-state index in [1.807, 2.05) is 18.2 Å². The maximum Gasteiger partial charge on any atom is 0.327 e. The molecule has 0 bridgehead atoms. The molecule has 2 atom stereocenters. The van der Waals surface area contributed by atoms with Crippen LogP contribution in [0.3, 0.4) is 0 Å². The van der Waals surface area contributed by atoms with Crippen molar-refractivity contribution in [1.82, 2.24) is 10.2 Å². The second kappa shape index (κ2) is 17.0. The summed E-state index contributed by atoms with van der Waals surface area (Å²) in [6.45, 7) is 2.04. The highest BCUT2D eigenvalue weighted by Crippen LogP contribution is 2.30. The summed E-state index contributed by atoms with van der Waals surface area (Å²) in [7, 11) is 2.67. The van der Waals surface area contributed by atoms with Crippen LogP contribution in [0.15, 0.2) is 72.8 Å². The van der Waals surface area contributed by atoms with E-state index < -0.39 is 16.8 Å². The quantitative estimate of drug-likeness (QED) is 0.372. The lowest BCUT2D eigenvalue weighted by Crippen LogP contribution is -2.40. The maximum atomic E-state index is 12.0. The first-order valence-corrected chi connectivity index (χ1v) is 13.5. The van der Waals surface area contributed by atoms with Crippen LogP contribution in [0.25, 0.3) is 0 Å². The monoisotopic (exact) mass is 638 g/mol. The van der Waals surface area contributed by atoms with Crippen molar-refractivity contribution in [3.05, 3.63) is 94.0 Å². The number of nitrogens with zero attached hydrogens (tertiary/aromatic N) is 1. The third kappa shape index (κ3) is 10.3. The van der Waals surface area contributed by atoms with Gasteiger partial charge in [0.25, 0.3) is 0 Å². The van der Waals surface area contributed by atoms with Crippen LogP contribution in [-0.2, 0) is 28.7 Å². The fourth-order valence-corrected chi connectivity index (χ4v) is 4.76. The van der Waals surface area contributed by atoms with Crippen LogP contribution in [0.2, 0.25) is 10.0 Å². The number of halogens is 3. The molecule has 0 fully saturated rings. The highest BCUT2D eigenvalue weighted by molar-refractivity contribution is 9.09. The van der Waals surface area contributed by atoms with Crippen molar-refractivity contribution in [2.45, 2.75) is 10.9 Å². The van der Waals surface area contributed by atoms with Crippen LogP contribution >= 0.6 is 39.1 Å². The third-order valence-corrected chi connectivity index (χ3v) is 7.00. The van der Waals surface area contributed by atoms with E-state index in [9.17, 15) is 19.2 Å². The van der Waals surface area contributed by atoms with E-state index in [0.717, 1.165) is 12.1 Å². The smallest absolute Gasteiger partial charge is 0.327 e. The van der Waals surface area contributed by atoms with Gasteiger partial charge in [-0.3, -0.25) is 19.3 Å². The minimum Gasteiger partial charge on any atom is -0.468 e. The van der Waals surface area contributed by atoms with Crippen molar-refractivity contribution >= 4 is 62.6 Å². The predicted molar refractivity (Wildman–Crippen MR) is 154 cm³/mol. The van der Waals surface area contributed by atoms with Crippen LogP contribution in [-0.4, -0.2) is 68.8 Å². The molecule has 4 rings (SSSR count). The number of ketones is 2. The normalized spacial score (nSPS) is 16.1. The first kappa shape index (κ1) is 32.4. The Kier molecular flexibility index (Phi) is 14.1. The molecule has 0 saturated carbocycles. The third-order valence-electron chi connectivity index (χ3n) is 5.44. The minimum atomic E-state index is -0.660. The number of nitrogens with one attached hydrogen (secondary N) is 1. The van der Waals surface area contributed by atoms with Crippen LogP contribution < -0.4 is 5.32 Å². The average molecular weight is 640 g/mol. The van der Waals surface area contributed by atoms with Crippen molar-refractivity contribution in [3.8, 4) is 0 Å². The molecule has 1 N–H and O–H groups in total. The molecule has 0 aliphatic carbocycles. The molecule has 39 heavy (non-hydrogen) atoms. The van der Waals surface area contributed by atoms with E-state index in [-0.39, 0.29) is 24.1 Å². The van der Waals surface area contributed by atoms with E-state index in [0.29, 0.717) is 28.7 Å². The Balaban J connectivity index is 0.000000229. The van der Waals surface area contributed by atoms with Gasteiger partial charge in [0.15, 0.2) is 11.6 Å². The summed E-state index contributed by atoms with van der Waals surface area (Å²) in [5.41, 5.74) is 1.37. The van der Waals surface area contributed by atoms with E-state index in [2.05, 4.69) is 26.0 Å². The molecule has 2 unspecified atom stereocenters. The number of methoxy groups -OCH3 is 2. The lowest BCUT2D eigenvalue weighted by Gasteiger charge is -2.30. The molecule has 0 saturated heterocycles. The standard InChI is InChI=1S/C14H14ClNO3.C9H8BrClO2.C5H7NO/c1-19-14(18)13(11-6-2-3-7-12(11)15)16-8-4-5-10(17)9-16;1-13-9(12)8(10)6-4-2-3-5-7(6)11;7-5-2-1-3-6-4-5/h2-7,13H,8-9H2,1H3;2-5,8H,1H3;1-2,6H,3-4H2. The van der Waals surface area contributed by atoms with Crippen LogP contribution in [0, 0.1) is 0 Å². The Morgan fingerprint density at radius 3 is 1.90 bits per heavy atom. The molecule has 2 aliphatic rings. The van der Waals surface area contributed by atoms with Gasteiger partial charge in [0.05, 0.1) is 27.3 Å². The fraction of sp³-hybridized carbons (Fsp3) is 0.286. The number of hydrogen-bond acceptors (Lipinski definition) is 8. The van der Waals surface area contributed by atoms with Gasteiger partial charge >= 0.3 is 11.9 Å². The van der Waals surface area contributed by atoms with Crippen LogP contribution in [0.4, 0.5) is 0 Å². The Morgan fingerprint density at radius 2 is 1.44 bits per heavy atom. The second-order valence-corrected chi connectivity index (χ2v) is 9.88. The highest BCUT2D eigenvalue weighted by atomic mass is 79.9. The molecular formula is C28H29BrCl2N2O6.